The number of allylic oxidation sites excluding steroid dienone is 1. The van der Waals surface area contributed by atoms with Gasteiger partial charge in [0.2, 0.25) is 0 Å². The molecule has 0 aliphatic rings. The Bertz CT molecular complexity index is 549. The Hall–Kier alpha value is -0.873. The van der Waals surface area contributed by atoms with E-state index in [0.717, 1.165) is 12.0 Å². The van der Waals surface area contributed by atoms with Crippen LogP contribution < -0.4 is 0 Å². The van der Waals surface area contributed by atoms with Crippen LogP contribution in [0, 0.1) is 6.92 Å². The fraction of sp³-hybridized carbons (Fsp3) is 0.467. The van der Waals surface area contributed by atoms with Gasteiger partial charge in [-0.15, -0.1) is 0 Å². The van der Waals surface area contributed by atoms with E-state index in [-0.39, 0.29) is 5.75 Å². The van der Waals surface area contributed by atoms with Crippen LogP contribution in [0.25, 0.3) is 0 Å². The Morgan fingerprint density at radius 3 is 2.11 bits per heavy atom. The number of hydrogen-bond acceptors (Lipinski definition) is 2. The zero-order valence-electron chi connectivity index (χ0n) is 12.5. The molecule has 0 aliphatic heterocycles. The molecule has 0 spiro atoms. The van der Waals surface area contributed by atoms with Crippen molar-refractivity contribution in [1.29, 1.82) is 0 Å². The summed E-state index contributed by atoms with van der Waals surface area (Å²) in [4.78, 5) is 0.417. The van der Waals surface area contributed by atoms with Gasteiger partial charge in [-0.3, -0.25) is 0 Å². The highest BCUT2D eigenvalue weighted by Gasteiger charge is 2.19. The quantitative estimate of drug-likeness (QED) is 0.770. The van der Waals surface area contributed by atoms with Crippen LogP contribution in [0.1, 0.15) is 18.9 Å². The van der Waals surface area contributed by atoms with Gasteiger partial charge in [-0.05, 0) is 25.5 Å². The molecule has 2 nitrogen and oxygen atoms in total. The third-order valence-electron chi connectivity index (χ3n) is 3.27. The minimum atomic E-state index is -3.20. The second kappa shape index (κ2) is 6.05. The number of aryl methyl sites for hydroxylation is 1. The molecule has 0 atom stereocenters. The van der Waals surface area contributed by atoms with Gasteiger partial charge < -0.3 is 0 Å². The molecular formula is C15H24O2SSi. The van der Waals surface area contributed by atoms with E-state index in [4.69, 9.17) is 0 Å². The maximum Gasteiger partial charge on any atom is 0.181 e. The molecule has 0 radical (unpaired) electrons. The normalized spacial score (nSPS) is 13.6. The molecule has 0 aromatic heterocycles. The van der Waals surface area contributed by atoms with Gasteiger partial charge in [0.25, 0.3) is 0 Å². The second-order valence-corrected chi connectivity index (χ2v) is 13.1. The van der Waals surface area contributed by atoms with Gasteiger partial charge in [0.1, 0.15) is 0 Å². The topological polar surface area (TPSA) is 34.1 Å². The minimum absolute atomic E-state index is 0.115. The van der Waals surface area contributed by atoms with E-state index in [9.17, 15) is 8.42 Å². The molecule has 1 aromatic rings. The Morgan fingerprint density at radius 1 is 1.16 bits per heavy atom. The Labute approximate surface area is 118 Å². The van der Waals surface area contributed by atoms with E-state index >= 15 is 0 Å². The summed E-state index contributed by atoms with van der Waals surface area (Å²) in [6.07, 6.45) is 2.88. The SMILES string of the molecule is CC/C(=C\CS(=O)(=O)c1ccc(C)cc1)[Si](C)(C)C. The summed E-state index contributed by atoms with van der Waals surface area (Å²) < 4.78 is 24.5. The molecule has 1 rings (SSSR count). The van der Waals surface area contributed by atoms with Crippen LogP contribution in [0.3, 0.4) is 0 Å². The highest BCUT2D eigenvalue weighted by Crippen LogP contribution is 2.19. The predicted molar refractivity (Wildman–Crippen MR) is 85.0 cm³/mol. The lowest BCUT2D eigenvalue weighted by atomic mass is 10.2. The van der Waals surface area contributed by atoms with Gasteiger partial charge in [-0.25, -0.2) is 8.42 Å². The van der Waals surface area contributed by atoms with Crippen molar-refractivity contribution < 1.29 is 8.42 Å². The molecule has 0 saturated carbocycles. The van der Waals surface area contributed by atoms with Crippen LogP contribution in [0.4, 0.5) is 0 Å². The van der Waals surface area contributed by atoms with Crippen molar-refractivity contribution >= 4 is 17.9 Å². The summed E-state index contributed by atoms with van der Waals surface area (Å²) in [6, 6.07) is 7.07. The Morgan fingerprint density at radius 2 is 1.68 bits per heavy atom. The monoisotopic (exact) mass is 296 g/mol. The van der Waals surface area contributed by atoms with Crippen LogP contribution in [-0.4, -0.2) is 22.2 Å². The van der Waals surface area contributed by atoms with E-state index in [0.29, 0.717) is 4.90 Å². The van der Waals surface area contributed by atoms with Gasteiger partial charge in [-0.2, -0.15) is 0 Å². The average molecular weight is 297 g/mol. The van der Waals surface area contributed by atoms with Crippen LogP contribution in [0.2, 0.25) is 19.6 Å². The zero-order chi connectivity index (χ0) is 14.7. The number of hydrogen-bond donors (Lipinski definition) is 0. The molecule has 0 fully saturated rings. The highest BCUT2D eigenvalue weighted by molar-refractivity contribution is 7.91. The van der Waals surface area contributed by atoms with E-state index in [1.54, 1.807) is 12.1 Å². The number of benzene rings is 1. The van der Waals surface area contributed by atoms with Crippen molar-refractivity contribution in [3.05, 3.63) is 41.1 Å². The maximum atomic E-state index is 12.3. The molecule has 1 aromatic carbocycles. The standard InChI is InChI=1S/C15H24O2SSi/c1-6-15(19(3,4)5)11-12-18(16,17)14-9-7-13(2)8-10-14/h7-11H,6,12H2,1-5H3/b15-11+. The molecule has 0 amide bonds. The van der Waals surface area contributed by atoms with Gasteiger partial charge in [0.15, 0.2) is 9.84 Å². The zero-order valence-corrected chi connectivity index (χ0v) is 14.3. The highest BCUT2D eigenvalue weighted by atomic mass is 32.2. The molecule has 0 unspecified atom stereocenters. The molecule has 106 valence electrons. The molecule has 0 heterocycles. The third kappa shape index (κ3) is 4.62. The summed E-state index contributed by atoms with van der Waals surface area (Å²) in [5.41, 5.74) is 1.07. The summed E-state index contributed by atoms with van der Waals surface area (Å²) in [5, 5.41) is 1.32. The minimum Gasteiger partial charge on any atom is -0.223 e. The summed E-state index contributed by atoms with van der Waals surface area (Å²) in [6.45, 7) is 10.8. The lowest BCUT2D eigenvalue weighted by molar-refractivity contribution is 0.599. The lowest BCUT2D eigenvalue weighted by Crippen LogP contribution is -2.24. The van der Waals surface area contributed by atoms with E-state index < -0.39 is 17.9 Å². The first-order chi connectivity index (χ1) is 8.66. The Balaban J connectivity index is 2.98. The smallest absolute Gasteiger partial charge is 0.181 e. The van der Waals surface area contributed by atoms with Crippen molar-refractivity contribution in [1.82, 2.24) is 0 Å². The van der Waals surface area contributed by atoms with Crippen molar-refractivity contribution in [2.45, 2.75) is 44.8 Å². The number of rotatable bonds is 5. The van der Waals surface area contributed by atoms with Crippen LogP contribution in [0.5, 0.6) is 0 Å². The van der Waals surface area contributed by atoms with Crippen molar-refractivity contribution in [2.24, 2.45) is 0 Å². The largest absolute Gasteiger partial charge is 0.223 e. The van der Waals surface area contributed by atoms with Crippen LogP contribution in [-0.2, 0) is 9.84 Å². The van der Waals surface area contributed by atoms with E-state index in [1.165, 1.54) is 5.20 Å². The fourth-order valence-corrected chi connectivity index (χ4v) is 5.12. The Kier molecular flexibility index (Phi) is 5.16. The molecule has 0 bridgehead atoms. The average Bonchev–Trinajstić information content (AvgIpc) is 2.28. The lowest BCUT2D eigenvalue weighted by Gasteiger charge is -2.19. The van der Waals surface area contributed by atoms with Gasteiger partial charge in [0, 0.05) is 0 Å². The molecule has 0 saturated heterocycles. The first-order valence-corrected chi connectivity index (χ1v) is 11.8. The first-order valence-electron chi connectivity index (χ1n) is 6.66. The van der Waals surface area contributed by atoms with E-state index in [2.05, 4.69) is 26.6 Å². The maximum absolute atomic E-state index is 12.3. The third-order valence-corrected chi connectivity index (χ3v) is 7.35. The van der Waals surface area contributed by atoms with Crippen LogP contribution >= 0.6 is 0 Å². The predicted octanol–water partition coefficient (Wildman–Crippen LogP) is 3.98. The van der Waals surface area contributed by atoms with Crippen molar-refractivity contribution in [3.63, 3.8) is 0 Å². The summed E-state index contributed by atoms with van der Waals surface area (Å²) in [5.74, 6) is 0.115. The van der Waals surface area contributed by atoms with Crippen molar-refractivity contribution in [3.8, 4) is 0 Å². The van der Waals surface area contributed by atoms with E-state index in [1.807, 2.05) is 25.1 Å². The first kappa shape index (κ1) is 16.2. The molecule has 19 heavy (non-hydrogen) atoms. The van der Waals surface area contributed by atoms with Gasteiger partial charge in [0.05, 0.1) is 18.7 Å². The van der Waals surface area contributed by atoms with Gasteiger partial charge in [-0.1, -0.05) is 55.5 Å². The molecular weight excluding hydrogens is 272 g/mol. The van der Waals surface area contributed by atoms with Crippen LogP contribution in [0.15, 0.2) is 40.4 Å². The molecule has 4 heteroatoms. The fourth-order valence-electron chi connectivity index (χ4n) is 2.03. The molecule has 0 aliphatic carbocycles. The number of sulfone groups is 1. The van der Waals surface area contributed by atoms with Crippen molar-refractivity contribution in [2.75, 3.05) is 5.75 Å². The second-order valence-electron chi connectivity index (χ2n) is 5.93. The van der Waals surface area contributed by atoms with Gasteiger partial charge >= 0.3 is 0 Å². The molecule has 0 N–H and O–H groups in total. The summed E-state index contributed by atoms with van der Waals surface area (Å²) in [7, 11) is -4.60. The summed E-state index contributed by atoms with van der Waals surface area (Å²) >= 11 is 0.